The van der Waals surface area contributed by atoms with E-state index < -0.39 is 0 Å². The fraction of sp³-hybridized carbons (Fsp3) is 0.533. The quantitative estimate of drug-likeness (QED) is 0.680. The molecule has 1 aliphatic heterocycles. The molecule has 0 radical (unpaired) electrons. The molecule has 0 unspecified atom stereocenters. The van der Waals surface area contributed by atoms with Crippen LogP contribution in [0.3, 0.4) is 0 Å². The average molecular weight is 312 g/mol. The van der Waals surface area contributed by atoms with Gasteiger partial charge in [0, 0.05) is 43.4 Å². The highest BCUT2D eigenvalue weighted by Gasteiger charge is 2.18. The van der Waals surface area contributed by atoms with Crippen molar-refractivity contribution in [3.63, 3.8) is 0 Å². The highest BCUT2D eigenvalue weighted by molar-refractivity contribution is 7.80. The van der Waals surface area contributed by atoms with E-state index in [1.807, 2.05) is 18.2 Å². The molecular formula is C15H22ClN3S. The van der Waals surface area contributed by atoms with Gasteiger partial charge >= 0.3 is 0 Å². The predicted octanol–water partition coefficient (Wildman–Crippen LogP) is 3.14. The van der Waals surface area contributed by atoms with E-state index in [2.05, 4.69) is 28.1 Å². The van der Waals surface area contributed by atoms with Gasteiger partial charge in [0.25, 0.3) is 0 Å². The van der Waals surface area contributed by atoms with Crippen molar-refractivity contribution in [2.24, 2.45) is 0 Å². The van der Waals surface area contributed by atoms with E-state index in [1.54, 1.807) is 0 Å². The summed E-state index contributed by atoms with van der Waals surface area (Å²) in [5.74, 6) is 0. The molecule has 2 rings (SSSR count). The summed E-state index contributed by atoms with van der Waals surface area (Å²) in [4.78, 5) is 4.61. The number of hydrogen-bond acceptors (Lipinski definition) is 2. The Balaban J connectivity index is 1.81. The zero-order valence-corrected chi connectivity index (χ0v) is 13.5. The molecule has 1 aromatic carbocycles. The molecule has 1 N–H and O–H groups in total. The Morgan fingerprint density at radius 1 is 1.30 bits per heavy atom. The lowest BCUT2D eigenvalue weighted by Crippen LogP contribution is -2.51. The first-order valence-electron chi connectivity index (χ1n) is 7.24. The monoisotopic (exact) mass is 311 g/mol. The first kappa shape index (κ1) is 15.4. The van der Waals surface area contributed by atoms with Crippen LogP contribution in [0.4, 0.5) is 5.69 Å². The van der Waals surface area contributed by atoms with Crippen LogP contribution in [0, 0.1) is 0 Å². The third kappa shape index (κ3) is 4.25. The second-order valence-corrected chi connectivity index (χ2v) is 5.86. The number of halogens is 1. The summed E-state index contributed by atoms with van der Waals surface area (Å²) in [6.45, 7) is 7.05. The predicted molar refractivity (Wildman–Crippen MR) is 90.7 cm³/mol. The molecule has 0 saturated carbocycles. The standard InChI is InChI=1S/C15H22ClN3S/c1-2-3-7-17-15(20)19-10-8-18(9-11-19)14-6-4-5-13(16)12-14/h4-6,12H,2-3,7-11H2,1H3,(H,17,20). The first-order chi connectivity index (χ1) is 9.70. The average Bonchev–Trinajstić information content (AvgIpc) is 2.47. The van der Waals surface area contributed by atoms with Gasteiger partial charge in [-0.1, -0.05) is 31.0 Å². The molecule has 1 fully saturated rings. The number of unbranched alkanes of at least 4 members (excludes halogenated alkanes) is 1. The summed E-state index contributed by atoms with van der Waals surface area (Å²) < 4.78 is 0. The minimum atomic E-state index is 0.793. The van der Waals surface area contributed by atoms with Crippen molar-refractivity contribution in [3.05, 3.63) is 29.3 Å². The Hall–Kier alpha value is -1.00. The van der Waals surface area contributed by atoms with Crippen LogP contribution in [0.15, 0.2) is 24.3 Å². The number of anilines is 1. The Bertz CT molecular complexity index is 444. The number of hydrogen-bond donors (Lipinski definition) is 1. The van der Waals surface area contributed by atoms with E-state index in [9.17, 15) is 0 Å². The van der Waals surface area contributed by atoms with Crippen molar-refractivity contribution in [1.29, 1.82) is 0 Å². The number of nitrogens with zero attached hydrogens (tertiary/aromatic N) is 2. The smallest absolute Gasteiger partial charge is 0.169 e. The van der Waals surface area contributed by atoms with Crippen molar-refractivity contribution in [2.75, 3.05) is 37.6 Å². The van der Waals surface area contributed by atoms with Gasteiger partial charge in [0.1, 0.15) is 0 Å². The summed E-state index contributed by atoms with van der Waals surface area (Å²) >= 11 is 11.5. The van der Waals surface area contributed by atoms with Crippen LogP contribution in [0.5, 0.6) is 0 Å². The van der Waals surface area contributed by atoms with Crippen molar-refractivity contribution < 1.29 is 0 Å². The Labute approximate surface area is 131 Å². The number of benzene rings is 1. The van der Waals surface area contributed by atoms with Gasteiger partial charge in [-0.25, -0.2) is 0 Å². The van der Waals surface area contributed by atoms with Gasteiger partial charge in [0.05, 0.1) is 0 Å². The maximum absolute atomic E-state index is 6.05. The summed E-state index contributed by atoms with van der Waals surface area (Å²) in [6, 6.07) is 8.05. The summed E-state index contributed by atoms with van der Waals surface area (Å²) in [5, 5.41) is 5.02. The molecular weight excluding hydrogens is 290 g/mol. The first-order valence-corrected chi connectivity index (χ1v) is 8.02. The van der Waals surface area contributed by atoms with Crippen molar-refractivity contribution in [3.8, 4) is 0 Å². The summed E-state index contributed by atoms with van der Waals surface area (Å²) in [6.07, 6.45) is 2.36. The van der Waals surface area contributed by atoms with Crippen molar-refractivity contribution in [2.45, 2.75) is 19.8 Å². The molecule has 1 heterocycles. The van der Waals surface area contributed by atoms with Crippen LogP contribution >= 0.6 is 23.8 Å². The van der Waals surface area contributed by atoms with E-state index in [-0.39, 0.29) is 0 Å². The molecule has 0 spiro atoms. The molecule has 0 aromatic heterocycles. The number of nitrogens with one attached hydrogen (secondary N) is 1. The molecule has 1 aromatic rings. The Kier molecular flexibility index (Phi) is 5.92. The lowest BCUT2D eigenvalue weighted by atomic mass is 10.2. The van der Waals surface area contributed by atoms with E-state index in [1.165, 1.54) is 18.5 Å². The second kappa shape index (κ2) is 7.70. The van der Waals surface area contributed by atoms with Gasteiger partial charge in [-0.05, 0) is 36.8 Å². The lowest BCUT2D eigenvalue weighted by Gasteiger charge is -2.37. The van der Waals surface area contributed by atoms with Crippen LogP contribution in [0.25, 0.3) is 0 Å². The summed E-state index contributed by atoms with van der Waals surface area (Å²) in [5.41, 5.74) is 1.20. The molecule has 0 aliphatic carbocycles. The molecule has 0 amide bonds. The largest absolute Gasteiger partial charge is 0.368 e. The van der Waals surface area contributed by atoms with Crippen molar-refractivity contribution >= 4 is 34.6 Å². The van der Waals surface area contributed by atoms with Crippen molar-refractivity contribution in [1.82, 2.24) is 10.2 Å². The molecule has 1 saturated heterocycles. The highest BCUT2D eigenvalue weighted by Crippen LogP contribution is 2.20. The molecule has 110 valence electrons. The van der Waals surface area contributed by atoms with Crippen LogP contribution in [0.1, 0.15) is 19.8 Å². The molecule has 3 nitrogen and oxygen atoms in total. The number of piperazine rings is 1. The van der Waals surface area contributed by atoms with Gasteiger partial charge in [0.2, 0.25) is 0 Å². The van der Waals surface area contributed by atoms with Gasteiger partial charge in [0.15, 0.2) is 5.11 Å². The Morgan fingerprint density at radius 2 is 2.05 bits per heavy atom. The van der Waals surface area contributed by atoms with Crippen LogP contribution in [-0.2, 0) is 0 Å². The third-order valence-corrected chi connectivity index (χ3v) is 4.18. The van der Waals surface area contributed by atoms with Gasteiger partial charge in [-0.15, -0.1) is 0 Å². The SMILES string of the molecule is CCCCNC(=S)N1CCN(c2cccc(Cl)c2)CC1. The summed E-state index contributed by atoms with van der Waals surface area (Å²) in [7, 11) is 0. The van der Waals surface area contributed by atoms with E-state index in [0.29, 0.717) is 0 Å². The minimum Gasteiger partial charge on any atom is -0.368 e. The van der Waals surface area contributed by atoms with Gasteiger partial charge in [-0.2, -0.15) is 0 Å². The topological polar surface area (TPSA) is 18.5 Å². The molecule has 5 heteroatoms. The lowest BCUT2D eigenvalue weighted by molar-refractivity contribution is 0.380. The molecule has 20 heavy (non-hydrogen) atoms. The van der Waals surface area contributed by atoms with E-state index in [0.717, 1.165) is 42.9 Å². The third-order valence-electron chi connectivity index (χ3n) is 3.55. The van der Waals surface area contributed by atoms with Crippen LogP contribution in [-0.4, -0.2) is 42.7 Å². The van der Waals surface area contributed by atoms with Crippen LogP contribution in [0.2, 0.25) is 5.02 Å². The fourth-order valence-corrected chi connectivity index (χ4v) is 2.79. The van der Waals surface area contributed by atoms with E-state index >= 15 is 0 Å². The highest BCUT2D eigenvalue weighted by atomic mass is 35.5. The zero-order valence-electron chi connectivity index (χ0n) is 11.9. The fourth-order valence-electron chi connectivity index (χ4n) is 2.32. The van der Waals surface area contributed by atoms with E-state index in [4.69, 9.17) is 23.8 Å². The van der Waals surface area contributed by atoms with Gasteiger partial charge < -0.3 is 15.1 Å². The second-order valence-electron chi connectivity index (χ2n) is 5.04. The van der Waals surface area contributed by atoms with Crippen LogP contribution < -0.4 is 10.2 Å². The maximum atomic E-state index is 6.05. The minimum absolute atomic E-state index is 0.793. The zero-order chi connectivity index (χ0) is 14.4. The normalized spacial score (nSPS) is 15.3. The maximum Gasteiger partial charge on any atom is 0.169 e. The number of thiocarbonyl (C=S) groups is 1. The molecule has 0 bridgehead atoms. The molecule has 0 atom stereocenters. The molecule has 1 aliphatic rings. The Morgan fingerprint density at radius 3 is 2.70 bits per heavy atom. The van der Waals surface area contributed by atoms with Gasteiger partial charge in [-0.3, -0.25) is 0 Å². The number of rotatable bonds is 4.